The first-order valence-electron chi connectivity index (χ1n) is 11.5. The Morgan fingerprint density at radius 2 is 1.48 bits per heavy atom. The second kappa shape index (κ2) is 15.2. The number of aliphatic hydroxyl groups is 2. The number of hydrogen-bond acceptors (Lipinski definition) is 8. The summed E-state index contributed by atoms with van der Waals surface area (Å²) >= 11 is 0. The molecule has 0 aromatic heterocycles. The van der Waals surface area contributed by atoms with Gasteiger partial charge in [0.05, 0.1) is 0 Å². The van der Waals surface area contributed by atoms with Gasteiger partial charge in [0.1, 0.15) is 24.9 Å². The molecule has 5 atom stereocenters. The Labute approximate surface area is 184 Å². The summed E-state index contributed by atoms with van der Waals surface area (Å²) in [4.78, 5) is 36.2. The molecule has 0 spiro atoms. The number of nitrogens with one attached hydrogen (secondary N) is 1. The molecule has 1 fully saturated rings. The van der Waals surface area contributed by atoms with Crippen LogP contribution in [-0.4, -0.2) is 65.3 Å². The fraction of sp³-hybridized carbons (Fsp3) is 0.864. The van der Waals surface area contributed by atoms with E-state index in [0.717, 1.165) is 25.7 Å². The summed E-state index contributed by atoms with van der Waals surface area (Å²) in [6.07, 6.45) is 1.10. The number of amides is 1. The predicted octanol–water partition coefficient (Wildman–Crippen LogP) is 1.96. The van der Waals surface area contributed by atoms with E-state index in [4.69, 9.17) is 14.2 Å². The van der Waals surface area contributed by atoms with Crippen LogP contribution in [0.25, 0.3) is 0 Å². The van der Waals surface area contributed by atoms with Gasteiger partial charge < -0.3 is 29.7 Å². The third-order valence-corrected chi connectivity index (χ3v) is 5.14. The lowest BCUT2D eigenvalue weighted by Crippen LogP contribution is -2.65. The largest absolute Gasteiger partial charge is 0.463 e. The van der Waals surface area contributed by atoms with Gasteiger partial charge in [-0.2, -0.15) is 0 Å². The molecule has 9 nitrogen and oxygen atoms in total. The van der Waals surface area contributed by atoms with Crippen LogP contribution in [0.3, 0.4) is 0 Å². The average molecular weight is 446 g/mol. The van der Waals surface area contributed by atoms with Gasteiger partial charge in [0.2, 0.25) is 5.91 Å². The maximum absolute atomic E-state index is 12.3. The number of carbonyl (C=O) groups excluding carboxylic acids is 3. The Bertz CT molecular complexity index is 556. The lowest BCUT2D eigenvalue weighted by atomic mass is 9.96. The van der Waals surface area contributed by atoms with Crippen LogP contribution < -0.4 is 5.32 Å². The molecule has 0 radical (unpaired) electrons. The van der Waals surface area contributed by atoms with Crippen molar-refractivity contribution in [1.29, 1.82) is 0 Å². The summed E-state index contributed by atoms with van der Waals surface area (Å²) in [6, 6.07) is -1.16. The van der Waals surface area contributed by atoms with Crippen LogP contribution in [0.4, 0.5) is 0 Å². The number of ether oxygens (including phenoxy) is 3. The van der Waals surface area contributed by atoms with E-state index in [2.05, 4.69) is 5.32 Å². The molecule has 1 heterocycles. The predicted molar refractivity (Wildman–Crippen MR) is 113 cm³/mol. The molecular weight excluding hydrogens is 406 g/mol. The molecule has 1 amide bonds. The molecule has 1 saturated heterocycles. The molecule has 1 aliphatic heterocycles. The fourth-order valence-corrected chi connectivity index (χ4v) is 3.35. The molecule has 0 aliphatic carbocycles. The van der Waals surface area contributed by atoms with Gasteiger partial charge in [-0.15, -0.1) is 0 Å². The third-order valence-electron chi connectivity index (χ3n) is 5.14. The summed E-state index contributed by atoms with van der Waals surface area (Å²) in [5.41, 5.74) is 0. The number of rotatable bonds is 14. The van der Waals surface area contributed by atoms with Gasteiger partial charge in [-0.05, 0) is 19.3 Å². The Hall–Kier alpha value is -1.71. The minimum absolute atomic E-state index is 0.177. The summed E-state index contributed by atoms with van der Waals surface area (Å²) in [7, 11) is 0. The fourth-order valence-electron chi connectivity index (χ4n) is 3.35. The molecule has 1 aliphatic rings. The molecule has 3 N–H and O–H groups in total. The van der Waals surface area contributed by atoms with E-state index in [9.17, 15) is 24.6 Å². The molecule has 0 aromatic rings. The van der Waals surface area contributed by atoms with Gasteiger partial charge in [-0.3, -0.25) is 14.4 Å². The minimum atomic E-state index is -1.53. The number of hydrogen-bond donors (Lipinski definition) is 3. The van der Waals surface area contributed by atoms with Crippen molar-refractivity contribution >= 4 is 17.8 Å². The van der Waals surface area contributed by atoms with Crippen LogP contribution in [0.1, 0.15) is 85.0 Å². The van der Waals surface area contributed by atoms with Crippen LogP contribution >= 0.6 is 0 Å². The van der Waals surface area contributed by atoms with Gasteiger partial charge in [-0.1, -0.05) is 46.5 Å². The summed E-state index contributed by atoms with van der Waals surface area (Å²) < 4.78 is 16.2. The van der Waals surface area contributed by atoms with Crippen molar-refractivity contribution in [3.63, 3.8) is 0 Å². The number of unbranched alkanes of at least 4 members (excludes halogenated alkanes) is 4. The van der Waals surface area contributed by atoms with Gasteiger partial charge in [0.25, 0.3) is 0 Å². The van der Waals surface area contributed by atoms with Crippen LogP contribution in [0.2, 0.25) is 0 Å². The van der Waals surface area contributed by atoms with Crippen molar-refractivity contribution < 1.29 is 38.8 Å². The van der Waals surface area contributed by atoms with Crippen LogP contribution in [0.15, 0.2) is 0 Å². The quantitative estimate of drug-likeness (QED) is 0.273. The normalized spacial score (nSPS) is 25.6. The second-order valence-electron chi connectivity index (χ2n) is 7.95. The lowest BCUT2D eigenvalue weighted by Gasteiger charge is -2.42. The van der Waals surface area contributed by atoms with E-state index in [-0.39, 0.29) is 31.8 Å². The third kappa shape index (κ3) is 9.97. The molecule has 9 heteroatoms. The first kappa shape index (κ1) is 27.3. The molecular formula is C22H39NO8. The first-order chi connectivity index (χ1) is 14.8. The highest BCUT2D eigenvalue weighted by atomic mass is 16.7. The van der Waals surface area contributed by atoms with Gasteiger partial charge in [-0.25, -0.2) is 0 Å². The zero-order chi connectivity index (χ0) is 23.2. The smallest absolute Gasteiger partial charge is 0.306 e. The Morgan fingerprint density at radius 3 is 2.06 bits per heavy atom. The molecule has 0 aromatic carbocycles. The average Bonchev–Trinajstić information content (AvgIpc) is 2.72. The van der Waals surface area contributed by atoms with E-state index in [0.29, 0.717) is 19.3 Å². The van der Waals surface area contributed by atoms with Crippen molar-refractivity contribution in [2.75, 3.05) is 6.61 Å². The molecule has 1 unspecified atom stereocenters. The molecule has 31 heavy (non-hydrogen) atoms. The first-order valence-corrected chi connectivity index (χ1v) is 11.5. The minimum Gasteiger partial charge on any atom is -0.463 e. The highest BCUT2D eigenvalue weighted by Gasteiger charge is 2.47. The lowest BCUT2D eigenvalue weighted by molar-refractivity contribution is -0.261. The summed E-state index contributed by atoms with van der Waals surface area (Å²) in [6.45, 7) is 5.59. The summed E-state index contributed by atoms with van der Waals surface area (Å²) in [5, 5.41) is 23.6. The number of carbonyl (C=O) groups is 3. The molecule has 1 rings (SSSR count). The highest BCUT2D eigenvalue weighted by molar-refractivity contribution is 5.76. The van der Waals surface area contributed by atoms with Crippen LogP contribution in [-0.2, 0) is 28.6 Å². The van der Waals surface area contributed by atoms with Gasteiger partial charge in [0, 0.05) is 19.3 Å². The van der Waals surface area contributed by atoms with Crippen LogP contribution in [0.5, 0.6) is 0 Å². The Morgan fingerprint density at radius 1 is 0.871 bits per heavy atom. The van der Waals surface area contributed by atoms with E-state index < -0.39 is 42.6 Å². The van der Waals surface area contributed by atoms with Crippen molar-refractivity contribution in [2.24, 2.45) is 0 Å². The molecule has 180 valence electrons. The highest BCUT2D eigenvalue weighted by Crippen LogP contribution is 2.24. The number of aliphatic hydroxyl groups excluding tert-OH is 2. The van der Waals surface area contributed by atoms with Gasteiger partial charge >= 0.3 is 11.9 Å². The Balaban J connectivity index is 2.81. The Kier molecular flexibility index (Phi) is 13.4. The number of esters is 2. The van der Waals surface area contributed by atoms with E-state index >= 15 is 0 Å². The van der Waals surface area contributed by atoms with Crippen molar-refractivity contribution in [2.45, 2.75) is 116 Å². The zero-order valence-electron chi connectivity index (χ0n) is 19.0. The van der Waals surface area contributed by atoms with E-state index in [1.807, 2.05) is 20.8 Å². The maximum Gasteiger partial charge on any atom is 0.306 e. The molecule has 0 saturated carbocycles. The maximum atomic E-state index is 12.3. The standard InChI is InChI=1S/C22H39NO8/c1-4-7-9-12-17(25)29-14-15-21(31-18(26)13-10-8-5-2)20(27)19(22(28)30-15)23-16(24)11-6-3/h15,19-22,27-28H,4-14H2,1-3H3,(H,23,24)/t15-,19-,20-,21-,22?/m1/s1. The SMILES string of the molecule is CCCCCC(=O)OC[C@H]1OC(O)[C@H](NC(=O)CCC)[C@@H](O)[C@@H]1OC(=O)CCCCC. The zero-order valence-corrected chi connectivity index (χ0v) is 19.0. The van der Waals surface area contributed by atoms with Crippen molar-refractivity contribution in [3.8, 4) is 0 Å². The van der Waals surface area contributed by atoms with Crippen molar-refractivity contribution in [1.82, 2.24) is 5.32 Å². The monoisotopic (exact) mass is 445 g/mol. The topological polar surface area (TPSA) is 131 Å². The summed E-state index contributed by atoms with van der Waals surface area (Å²) in [5.74, 6) is -1.30. The van der Waals surface area contributed by atoms with Crippen LogP contribution in [0, 0.1) is 0 Å². The van der Waals surface area contributed by atoms with Gasteiger partial charge in [0.15, 0.2) is 12.4 Å². The van der Waals surface area contributed by atoms with Crippen molar-refractivity contribution in [3.05, 3.63) is 0 Å². The van der Waals surface area contributed by atoms with E-state index in [1.165, 1.54) is 0 Å². The second-order valence-corrected chi connectivity index (χ2v) is 7.95. The molecule has 0 bridgehead atoms. The van der Waals surface area contributed by atoms with E-state index in [1.54, 1.807) is 0 Å².